The molecule has 0 nitrogen and oxygen atoms in total. The molecule has 2 heteroatoms. The van der Waals surface area contributed by atoms with Gasteiger partial charge in [0.2, 0.25) is 0 Å². The first-order chi connectivity index (χ1) is 11.0. The molecule has 3 aromatic rings. The fraction of sp³-hybridized carbons (Fsp3) is 0.143. The molecule has 0 unspecified atom stereocenters. The summed E-state index contributed by atoms with van der Waals surface area (Å²) in [6.07, 6.45) is 0. The molecular weight excluding hydrogens is 454 g/mol. The zero-order valence-electron chi connectivity index (χ0n) is 13.8. The summed E-state index contributed by atoms with van der Waals surface area (Å²) in [7, 11) is -2.40. The van der Waals surface area contributed by atoms with Gasteiger partial charge in [-0.3, -0.25) is 0 Å². The summed E-state index contributed by atoms with van der Waals surface area (Å²) < 4.78 is 4.46. The van der Waals surface area contributed by atoms with Crippen molar-refractivity contribution in [2.24, 2.45) is 0 Å². The van der Waals surface area contributed by atoms with Gasteiger partial charge in [-0.25, -0.2) is 0 Å². The van der Waals surface area contributed by atoms with Crippen LogP contribution in [0.25, 0.3) is 0 Å². The summed E-state index contributed by atoms with van der Waals surface area (Å²) in [5.74, 6) is 0. The monoisotopic (exact) mass is 475 g/mol. The molecule has 0 aliphatic rings. The maximum absolute atomic E-state index is 2.78. The Hall–Kier alpha value is -1.05. The van der Waals surface area contributed by atoms with Gasteiger partial charge in [0.05, 0.1) is 0 Å². The Morgan fingerprint density at radius 2 is 0.696 bits per heavy atom. The number of benzene rings is 3. The third-order valence-electron chi connectivity index (χ3n) is 4.17. The normalized spacial score (nSPS) is 11.5. The summed E-state index contributed by atoms with van der Waals surface area (Å²) in [5, 5.41) is 0. The summed E-state index contributed by atoms with van der Waals surface area (Å²) in [6.45, 7) is 6.46. The predicted molar refractivity (Wildman–Crippen MR) is 112 cm³/mol. The van der Waals surface area contributed by atoms with Crippen LogP contribution in [0.1, 0.15) is 16.7 Å². The quantitative estimate of drug-likeness (QED) is 0.397. The van der Waals surface area contributed by atoms with Crippen LogP contribution in [-0.2, 0) is 0 Å². The van der Waals surface area contributed by atoms with Crippen molar-refractivity contribution < 1.29 is 0 Å². The van der Waals surface area contributed by atoms with Crippen molar-refractivity contribution in [3.05, 3.63) is 89.5 Å². The zero-order chi connectivity index (χ0) is 16.4. The average molecular weight is 475 g/mol. The molecule has 3 rings (SSSR count). The fourth-order valence-corrected chi connectivity index (χ4v) is 13.1. The van der Waals surface area contributed by atoms with Gasteiger partial charge in [0, 0.05) is 0 Å². The number of hydrogen-bond acceptors (Lipinski definition) is 0. The topological polar surface area (TPSA) is 0 Å². The molecule has 0 aliphatic heterocycles. The van der Waals surface area contributed by atoms with Crippen molar-refractivity contribution in [1.29, 1.82) is 0 Å². The fourth-order valence-electron chi connectivity index (χ4n) is 2.70. The van der Waals surface area contributed by atoms with Gasteiger partial charge in [-0.15, -0.1) is 0 Å². The van der Waals surface area contributed by atoms with Gasteiger partial charge < -0.3 is 0 Å². The van der Waals surface area contributed by atoms with E-state index in [0.717, 1.165) is 0 Å². The molecule has 0 amide bonds. The summed E-state index contributed by atoms with van der Waals surface area (Å²) in [4.78, 5) is 0. The molecule has 23 heavy (non-hydrogen) atoms. The summed E-state index contributed by atoms with van der Waals surface area (Å²) in [6, 6.07) is 27.4. The van der Waals surface area contributed by atoms with Gasteiger partial charge in [0.15, 0.2) is 0 Å². The van der Waals surface area contributed by atoms with E-state index in [9.17, 15) is 0 Å². The Labute approximate surface area is 152 Å². The summed E-state index contributed by atoms with van der Waals surface area (Å²) >= 11 is 2.78. The molecule has 0 fully saturated rings. The Kier molecular flexibility index (Phi) is 4.98. The van der Waals surface area contributed by atoms with Crippen molar-refractivity contribution in [3.8, 4) is 0 Å². The molecule has 3 aromatic carbocycles. The van der Waals surface area contributed by atoms with E-state index in [0.29, 0.717) is 0 Å². The van der Waals surface area contributed by atoms with E-state index in [2.05, 4.69) is 114 Å². The first-order valence-corrected chi connectivity index (χ1v) is 16.3. The van der Waals surface area contributed by atoms with Gasteiger partial charge in [0.25, 0.3) is 0 Å². The van der Waals surface area contributed by atoms with E-state index >= 15 is 0 Å². The van der Waals surface area contributed by atoms with Gasteiger partial charge in [0.1, 0.15) is 0 Å². The van der Waals surface area contributed by atoms with E-state index in [1.54, 1.807) is 0 Å². The van der Waals surface area contributed by atoms with Crippen LogP contribution in [0.3, 0.4) is 0 Å². The van der Waals surface area contributed by atoms with Gasteiger partial charge >= 0.3 is 154 Å². The molecule has 0 saturated carbocycles. The molecular formula is C21H21AsI+. The molecule has 0 bridgehead atoms. The Morgan fingerprint density at radius 3 is 0.913 bits per heavy atom. The summed E-state index contributed by atoms with van der Waals surface area (Å²) in [5.41, 5.74) is 3.96. The van der Waals surface area contributed by atoms with Gasteiger partial charge in [-0.1, -0.05) is 0 Å². The standard InChI is InChI=1S/C21H21AsI/c1-16-4-10-19(11-5-16)22(23,20-12-6-17(2)7-13-20)21-14-8-18(3)9-15-21/h4-15H,1-3H3/q+1. The average Bonchev–Trinajstić information content (AvgIpc) is 2.56. The minimum absolute atomic E-state index is 1.32. The molecule has 0 atom stereocenters. The molecule has 116 valence electrons. The number of rotatable bonds is 3. The van der Waals surface area contributed by atoms with Crippen molar-refractivity contribution >= 4 is 43.4 Å². The molecule has 0 saturated heterocycles. The van der Waals surface area contributed by atoms with Crippen molar-refractivity contribution in [3.63, 3.8) is 0 Å². The van der Waals surface area contributed by atoms with Gasteiger partial charge in [-0.2, -0.15) is 0 Å². The van der Waals surface area contributed by atoms with E-state index in [4.69, 9.17) is 0 Å². The van der Waals surface area contributed by atoms with Crippen LogP contribution in [0.15, 0.2) is 72.8 Å². The van der Waals surface area contributed by atoms with E-state index in [1.165, 1.54) is 29.7 Å². The first kappa shape index (κ1) is 16.8. The molecule has 0 aliphatic carbocycles. The minimum atomic E-state index is -2.40. The first-order valence-electron chi connectivity index (χ1n) is 7.80. The number of hydrogen-bond donors (Lipinski definition) is 0. The molecule has 0 aromatic heterocycles. The Bertz CT molecular complexity index is 676. The maximum atomic E-state index is 2.78. The van der Waals surface area contributed by atoms with Gasteiger partial charge in [-0.05, 0) is 0 Å². The van der Waals surface area contributed by atoms with Crippen molar-refractivity contribution in [2.45, 2.75) is 20.8 Å². The van der Waals surface area contributed by atoms with E-state index < -0.39 is 10.2 Å². The molecule has 0 N–H and O–H groups in total. The third-order valence-corrected chi connectivity index (χ3v) is 19.2. The molecule has 0 spiro atoms. The van der Waals surface area contributed by atoms with Crippen LogP contribution in [0, 0.1) is 20.8 Å². The van der Waals surface area contributed by atoms with E-state index in [-0.39, 0.29) is 0 Å². The van der Waals surface area contributed by atoms with Crippen LogP contribution in [0.4, 0.5) is 0 Å². The van der Waals surface area contributed by atoms with Crippen LogP contribution in [-0.4, -0.2) is 10.2 Å². The third kappa shape index (κ3) is 3.41. The van der Waals surface area contributed by atoms with Crippen LogP contribution in [0.5, 0.6) is 0 Å². The van der Waals surface area contributed by atoms with E-state index in [1.807, 2.05) is 0 Å². The Morgan fingerprint density at radius 1 is 0.478 bits per heavy atom. The second-order valence-corrected chi connectivity index (χ2v) is 19.3. The SMILES string of the molecule is Cc1ccc([As+](I)(c2ccc(C)cc2)c2ccc(C)cc2)cc1. The second-order valence-electron chi connectivity index (χ2n) is 6.10. The molecule has 0 heterocycles. The molecule has 0 radical (unpaired) electrons. The van der Waals surface area contributed by atoms with Crippen molar-refractivity contribution in [1.82, 2.24) is 0 Å². The van der Waals surface area contributed by atoms with Crippen LogP contribution < -0.4 is 13.1 Å². The second kappa shape index (κ2) is 6.83. The zero-order valence-corrected chi connectivity index (χ0v) is 17.8. The Balaban J connectivity index is 2.21. The van der Waals surface area contributed by atoms with Crippen LogP contribution in [0.2, 0.25) is 0 Å². The predicted octanol–water partition coefficient (Wildman–Crippen LogP) is 4.01. The van der Waals surface area contributed by atoms with Crippen LogP contribution >= 0.6 is 20.1 Å². The number of aryl methyl sites for hydroxylation is 3. The number of halogens is 1. The van der Waals surface area contributed by atoms with Crippen molar-refractivity contribution in [2.75, 3.05) is 0 Å².